The number of methoxy groups -OCH3 is 2. The SMILES string of the molecule is COc1ccc(CN2CCN([C@H](c3cc4ccc(OC)cc4[nH]c3=O)c3nnnn3Cc3ccccc3)CC2)cc1. The molecule has 1 N–H and O–H groups in total. The first kappa shape index (κ1) is 26.7. The molecule has 0 spiro atoms. The summed E-state index contributed by atoms with van der Waals surface area (Å²) < 4.78 is 12.5. The number of pyridine rings is 1. The summed E-state index contributed by atoms with van der Waals surface area (Å²) in [6.45, 7) is 4.60. The van der Waals surface area contributed by atoms with E-state index in [0.717, 1.165) is 54.9 Å². The van der Waals surface area contributed by atoms with Crippen LogP contribution in [0.1, 0.15) is 28.6 Å². The number of H-pyrrole nitrogens is 1. The van der Waals surface area contributed by atoms with Gasteiger partial charge in [0.2, 0.25) is 0 Å². The first-order chi connectivity index (χ1) is 20.1. The molecule has 3 aromatic carbocycles. The number of aromatic nitrogens is 5. The van der Waals surface area contributed by atoms with E-state index >= 15 is 0 Å². The van der Waals surface area contributed by atoms with E-state index < -0.39 is 6.04 Å². The average Bonchev–Trinajstić information content (AvgIpc) is 3.46. The summed E-state index contributed by atoms with van der Waals surface area (Å²) in [5.41, 5.74) is 3.51. The first-order valence-electron chi connectivity index (χ1n) is 13.7. The number of benzene rings is 3. The van der Waals surface area contributed by atoms with E-state index in [2.05, 4.69) is 54.6 Å². The molecule has 0 amide bonds. The molecular formula is C31H33N7O3. The predicted octanol–water partition coefficient (Wildman–Crippen LogP) is 3.49. The van der Waals surface area contributed by atoms with Crippen LogP contribution in [0.2, 0.25) is 0 Å². The van der Waals surface area contributed by atoms with E-state index in [4.69, 9.17) is 9.47 Å². The van der Waals surface area contributed by atoms with Crippen LogP contribution in [-0.4, -0.2) is 75.4 Å². The highest BCUT2D eigenvalue weighted by molar-refractivity contribution is 5.80. The number of aromatic amines is 1. The lowest BCUT2D eigenvalue weighted by atomic mass is 10.0. The summed E-state index contributed by atoms with van der Waals surface area (Å²) in [5.74, 6) is 2.20. The normalized spacial score (nSPS) is 15.2. The Morgan fingerprint density at radius 2 is 1.54 bits per heavy atom. The fourth-order valence-corrected chi connectivity index (χ4v) is 5.47. The van der Waals surface area contributed by atoms with E-state index in [1.807, 2.05) is 54.6 Å². The monoisotopic (exact) mass is 551 g/mol. The number of hydrogen-bond acceptors (Lipinski definition) is 8. The Kier molecular flexibility index (Phi) is 7.75. The summed E-state index contributed by atoms with van der Waals surface area (Å²) in [6.07, 6.45) is 0. The standard InChI is InChI=1S/C31H33N7O3/c1-40-25-11-8-23(9-12-25)20-36-14-16-37(17-15-36)29(30-33-34-35-38(30)21-22-6-4-3-5-7-22)27-18-24-10-13-26(41-2)19-28(24)32-31(27)39/h3-13,18-19,29H,14-17,20-21H2,1-2H3,(H,32,39)/t29-/m1/s1. The Bertz CT molecular complexity index is 1660. The maximum atomic E-state index is 13.6. The van der Waals surface area contributed by atoms with Crippen LogP contribution in [-0.2, 0) is 13.1 Å². The highest BCUT2D eigenvalue weighted by atomic mass is 16.5. The fraction of sp³-hybridized carbons (Fsp3) is 0.290. The van der Waals surface area contributed by atoms with Crippen molar-refractivity contribution in [2.75, 3.05) is 40.4 Å². The van der Waals surface area contributed by atoms with Crippen LogP contribution in [0.15, 0.2) is 83.7 Å². The maximum absolute atomic E-state index is 13.6. The molecular weight excluding hydrogens is 518 g/mol. The zero-order valence-electron chi connectivity index (χ0n) is 23.2. The summed E-state index contributed by atoms with van der Waals surface area (Å²) in [6, 6.07) is 25.5. The first-order valence-corrected chi connectivity index (χ1v) is 13.7. The summed E-state index contributed by atoms with van der Waals surface area (Å²) in [5, 5.41) is 13.8. The molecule has 5 aromatic rings. The molecule has 41 heavy (non-hydrogen) atoms. The molecule has 10 heteroatoms. The van der Waals surface area contributed by atoms with Gasteiger partial charge < -0.3 is 14.5 Å². The van der Waals surface area contributed by atoms with Crippen LogP contribution in [0.3, 0.4) is 0 Å². The van der Waals surface area contributed by atoms with Crippen molar-refractivity contribution in [2.24, 2.45) is 0 Å². The van der Waals surface area contributed by atoms with Gasteiger partial charge in [-0.25, -0.2) is 4.68 Å². The molecule has 6 rings (SSSR count). The van der Waals surface area contributed by atoms with Gasteiger partial charge in [-0.3, -0.25) is 14.6 Å². The number of nitrogens with zero attached hydrogens (tertiary/aromatic N) is 6. The minimum Gasteiger partial charge on any atom is -0.497 e. The van der Waals surface area contributed by atoms with E-state index in [0.29, 0.717) is 23.7 Å². The number of tetrazole rings is 1. The Morgan fingerprint density at radius 1 is 0.829 bits per heavy atom. The third-order valence-corrected chi connectivity index (χ3v) is 7.69. The third-order valence-electron chi connectivity index (χ3n) is 7.69. The molecule has 1 atom stereocenters. The fourth-order valence-electron chi connectivity index (χ4n) is 5.47. The highest BCUT2D eigenvalue weighted by Crippen LogP contribution is 2.29. The number of hydrogen-bond donors (Lipinski definition) is 1. The van der Waals surface area contributed by atoms with Crippen molar-refractivity contribution in [1.29, 1.82) is 0 Å². The van der Waals surface area contributed by atoms with Crippen molar-refractivity contribution in [3.05, 3.63) is 112 Å². The van der Waals surface area contributed by atoms with Crippen LogP contribution in [0.4, 0.5) is 0 Å². The lowest BCUT2D eigenvalue weighted by Gasteiger charge is -2.38. The van der Waals surface area contributed by atoms with Crippen LogP contribution in [0, 0.1) is 0 Å². The van der Waals surface area contributed by atoms with Crippen LogP contribution >= 0.6 is 0 Å². The molecule has 0 saturated carbocycles. The van der Waals surface area contributed by atoms with E-state index in [9.17, 15) is 4.79 Å². The number of fused-ring (bicyclic) bond motifs is 1. The van der Waals surface area contributed by atoms with Crippen LogP contribution in [0.5, 0.6) is 11.5 Å². The predicted molar refractivity (Wildman–Crippen MR) is 156 cm³/mol. The third kappa shape index (κ3) is 5.84. The molecule has 10 nitrogen and oxygen atoms in total. The Balaban J connectivity index is 1.31. The topological polar surface area (TPSA) is 101 Å². The lowest BCUT2D eigenvalue weighted by Crippen LogP contribution is -2.48. The van der Waals surface area contributed by atoms with E-state index in [1.165, 1.54) is 5.56 Å². The second kappa shape index (κ2) is 11.9. The Labute approximate surface area is 238 Å². The van der Waals surface area contributed by atoms with Gasteiger partial charge in [-0.15, -0.1) is 5.10 Å². The van der Waals surface area contributed by atoms with Gasteiger partial charge in [0.05, 0.1) is 26.3 Å². The molecule has 1 saturated heterocycles. The van der Waals surface area contributed by atoms with Crippen LogP contribution < -0.4 is 15.0 Å². The Hall–Kier alpha value is -4.54. The highest BCUT2D eigenvalue weighted by Gasteiger charge is 2.32. The largest absolute Gasteiger partial charge is 0.497 e. The van der Waals surface area contributed by atoms with Crippen molar-refractivity contribution in [1.82, 2.24) is 35.0 Å². The van der Waals surface area contributed by atoms with Gasteiger partial charge in [-0.05, 0) is 57.3 Å². The molecule has 2 aromatic heterocycles. The molecule has 3 heterocycles. The smallest absolute Gasteiger partial charge is 0.253 e. The maximum Gasteiger partial charge on any atom is 0.253 e. The molecule has 210 valence electrons. The molecule has 0 unspecified atom stereocenters. The molecule has 1 fully saturated rings. The van der Waals surface area contributed by atoms with Gasteiger partial charge in [0.1, 0.15) is 17.5 Å². The van der Waals surface area contributed by atoms with Crippen molar-refractivity contribution in [3.63, 3.8) is 0 Å². The van der Waals surface area contributed by atoms with Crippen molar-refractivity contribution < 1.29 is 9.47 Å². The number of piperazine rings is 1. The Morgan fingerprint density at radius 3 is 2.27 bits per heavy atom. The molecule has 0 aliphatic carbocycles. The summed E-state index contributed by atoms with van der Waals surface area (Å²) >= 11 is 0. The summed E-state index contributed by atoms with van der Waals surface area (Å²) in [7, 11) is 3.29. The second-order valence-corrected chi connectivity index (χ2v) is 10.3. The van der Waals surface area contributed by atoms with E-state index in [1.54, 1.807) is 18.9 Å². The number of nitrogens with one attached hydrogen (secondary N) is 1. The van der Waals surface area contributed by atoms with Gasteiger partial charge in [-0.1, -0.05) is 42.5 Å². The zero-order chi connectivity index (χ0) is 28.2. The minimum absolute atomic E-state index is 0.161. The van der Waals surface area contributed by atoms with Gasteiger partial charge in [0.25, 0.3) is 5.56 Å². The quantitative estimate of drug-likeness (QED) is 0.297. The average molecular weight is 552 g/mol. The second-order valence-electron chi connectivity index (χ2n) is 10.3. The lowest BCUT2D eigenvalue weighted by molar-refractivity contribution is 0.0998. The number of ether oxygens (including phenoxy) is 2. The van der Waals surface area contributed by atoms with E-state index in [-0.39, 0.29) is 5.56 Å². The van der Waals surface area contributed by atoms with Gasteiger partial charge in [0.15, 0.2) is 5.82 Å². The zero-order valence-corrected chi connectivity index (χ0v) is 23.2. The molecule has 0 radical (unpaired) electrons. The van der Waals surface area contributed by atoms with Gasteiger partial charge >= 0.3 is 0 Å². The molecule has 0 bridgehead atoms. The van der Waals surface area contributed by atoms with Crippen LogP contribution in [0.25, 0.3) is 10.9 Å². The van der Waals surface area contributed by atoms with Gasteiger partial charge in [0, 0.05) is 44.4 Å². The molecule has 1 aliphatic rings. The molecule has 1 aliphatic heterocycles. The summed E-state index contributed by atoms with van der Waals surface area (Å²) in [4.78, 5) is 21.4. The van der Waals surface area contributed by atoms with Crippen molar-refractivity contribution in [2.45, 2.75) is 19.1 Å². The number of rotatable bonds is 9. The minimum atomic E-state index is -0.410. The van der Waals surface area contributed by atoms with Gasteiger partial charge in [-0.2, -0.15) is 0 Å². The van der Waals surface area contributed by atoms with Crippen molar-refractivity contribution >= 4 is 10.9 Å². The van der Waals surface area contributed by atoms with Crippen molar-refractivity contribution in [3.8, 4) is 11.5 Å².